The summed E-state index contributed by atoms with van der Waals surface area (Å²) < 4.78 is 4.49. The van der Waals surface area contributed by atoms with Crippen LogP contribution in [0.15, 0.2) is 180 Å². The van der Waals surface area contributed by atoms with Crippen LogP contribution in [0.5, 0.6) is 0 Å². The molecule has 0 N–H and O–H groups in total. The molecule has 0 fully saturated rings. The van der Waals surface area contributed by atoms with Crippen molar-refractivity contribution >= 4 is 99.0 Å². The van der Waals surface area contributed by atoms with Crippen LogP contribution in [0.2, 0.25) is 0 Å². The van der Waals surface area contributed by atoms with Crippen molar-refractivity contribution < 1.29 is 9.59 Å². The molecule has 0 aliphatic heterocycles. The molecular weight excluding hydrogens is 1370 g/mol. The van der Waals surface area contributed by atoms with E-state index in [0.29, 0.717) is 44.5 Å². The molecule has 106 heavy (non-hydrogen) atoms. The quantitative estimate of drug-likeness (QED) is 0.0302. The van der Waals surface area contributed by atoms with Gasteiger partial charge in [-0.05, 0) is 192 Å². The minimum atomic E-state index is -0.843. The third kappa shape index (κ3) is 12.4. The number of ketones is 2. The highest BCUT2D eigenvalue weighted by Gasteiger charge is 2.55. The fourth-order valence-corrected chi connectivity index (χ4v) is 22.9. The summed E-state index contributed by atoms with van der Waals surface area (Å²) in [5.74, 6) is -0.373. The number of unbranched alkanes of at least 4 members (excludes halogenated alkanes) is 12. The maximum absolute atomic E-state index is 14.8. The van der Waals surface area contributed by atoms with Crippen LogP contribution in [0.25, 0.3) is 63.0 Å². The van der Waals surface area contributed by atoms with E-state index in [1.54, 1.807) is 22.7 Å². The Balaban J connectivity index is 1.01. The average Bonchev–Trinajstić information content (AvgIpc) is 1.49. The van der Waals surface area contributed by atoms with Crippen LogP contribution in [0.3, 0.4) is 0 Å². The third-order valence-corrected chi connectivity index (χ3v) is 27.5. The number of Topliss-reactive ketones (excluding diaryl/α,β-unsaturated/α-hetero) is 2. The molecule has 4 aliphatic carbocycles. The maximum Gasteiger partial charge on any atom is 0.194 e. The van der Waals surface area contributed by atoms with Crippen LogP contribution >= 0.6 is 45.3 Å². The minimum Gasteiger partial charge on any atom is -0.289 e. The number of rotatable bonds is 26. The van der Waals surface area contributed by atoms with Gasteiger partial charge in [-0.15, -0.1) is 45.3 Å². The molecule has 15 rings (SSSR count). The molecule has 4 aliphatic rings. The first-order valence-electron chi connectivity index (χ1n) is 38.4. The number of benzene rings is 7. The Morgan fingerprint density at radius 1 is 0.358 bits per heavy atom. The molecule has 0 radical (unpaired) electrons. The summed E-state index contributed by atoms with van der Waals surface area (Å²) in [5, 5.41) is 42.0. The second-order valence-electron chi connectivity index (χ2n) is 29.6. The number of aryl methyl sites for hydroxylation is 6. The van der Waals surface area contributed by atoms with Gasteiger partial charge in [0.15, 0.2) is 11.6 Å². The SMILES string of the molecule is CCCCCCc1ccc(C2(c3ccc(CCCCCC)cc3)c3cc4c(cc3-c3sc5cc(/C=C6\C(=O)c7cc(C)ccc7C6=C(C#N)C#N)sc5c32)C(c2ccc(CCCCCC)cc2)(c2ccc(CCCCCC)cc2)c2c-4sc3cc(/C=C4\C(=O)c5cc(C)ccc5C4=C(C#N)C#N)sc23)cc1. The molecule has 526 valence electrons. The number of hydrogen-bond acceptors (Lipinski definition) is 10. The van der Waals surface area contributed by atoms with E-state index in [0.717, 1.165) is 91.0 Å². The summed E-state index contributed by atoms with van der Waals surface area (Å²) in [4.78, 5) is 33.8. The van der Waals surface area contributed by atoms with Crippen LogP contribution in [-0.4, -0.2) is 11.6 Å². The van der Waals surface area contributed by atoms with Gasteiger partial charge < -0.3 is 0 Å². The molecule has 0 amide bonds. The van der Waals surface area contributed by atoms with Gasteiger partial charge in [-0.25, -0.2) is 0 Å². The fourth-order valence-electron chi connectivity index (χ4n) is 17.4. The Bertz CT molecular complexity index is 5140. The highest BCUT2D eigenvalue weighted by molar-refractivity contribution is 7.31. The van der Waals surface area contributed by atoms with E-state index >= 15 is 0 Å². The maximum atomic E-state index is 14.8. The number of fused-ring (bicyclic) bond motifs is 12. The molecule has 0 unspecified atom stereocenters. The van der Waals surface area contributed by atoms with E-state index in [2.05, 4.69) is 173 Å². The Labute approximate surface area is 640 Å². The second-order valence-corrected chi connectivity index (χ2v) is 33.9. The van der Waals surface area contributed by atoms with E-state index in [9.17, 15) is 30.6 Å². The molecule has 11 aromatic rings. The number of hydrogen-bond donors (Lipinski definition) is 0. The van der Waals surface area contributed by atoms with Gasteiger partial charge in [0.2, 0.25) is 0 Å². The van der Waals surface area contributed by atoms with Crippen LogP contribution in [0.4, 0.5) is 0 Å². The van der Waals surface area contributed by atoms with Gasteiger partial charge in [0.05, 0.1) is 20.2 Å². The molecule has 0 saturated heterocycles. The van der Waals surface area contributed by atoms with Crippen LogP contribution in [0, 0.1) is 59.2 Å². The van der Waals surface area contributed by atoms with Crippen molar-refractivity contribution in [1.29, 1.82) is 21.0 Å². The predicted molar refractivity (Wildman–Crippen MR) is 442 cm³/mol. The Kier molecular flexibility index (Phi) is 20.7. The number of allylic oxidation sites excluding steroid dienone is 6. The van der Waals surface area contributed by atoms with E-state index in [4.69, 9.17) is 0 Å². The number of nitrogens with zero attached hydrogens (tertiary/aromatic N) is 4. The molecule has 6 nitrogen and oxygen atoms in total. The smallest absolute Gasteiger partial charge is 0.194 e. The zero-order chi connectivity index (χ0) is 73.4. The van der Waals surface area contributed by atoms with E-state index in [1.807, 2.05) is 85.1 Å². The molecule has 0 bridgehead atoms. The van der Waals surface area contributed by atoms with Crippen molar-refractivity contribution in [3.63, 3.8) is 0 Å². The largest absolute Gasteiger partial charge is 0.289 e. The van der Waals surface area contributed by atoms with Crippen LogP contribution in [0.1, 0.15) is 250 Å². The van der Waals surface area contributed by atoms with E-state index in [-0.39, 0.29) is 22.7 Å². The highest BCUT2D eigenvalue weighted by atomic mass is 32.1. The van der Waals surface area contributed by atoms with Gasteiger partial charge in [-0.1, -0.05) is 237 Å². The lowest BCUT2D eigenvalue weighted by atomic mass is 9.65. The summed E-state index contributed by atoms with van der Waals surface area (Å²) in [6, 6.07) is 68.1. The van der Waals surface area contributed by atoms with E-state index < -0.39 is 10.8 Å². The number of nitriles is 4. The first kappa shape index (κ1) is 71.7. The lowest BCUT2D eigenvalue weighted by Gasteiger charge is -2.36. The first-order valence-corrected chi connectivity index (χ1v) is 41.7. The summed E-state index contributed by atoms with van der Waals surface area (Å²) in [5.41, 5.74) is 21.1. The Morgan fingerprint density at radius 2 is 0.670 bits per heavy atom. The van der Waals surface area contributed by atoms with Crippen molar-refractivity contribution in [2.75, 3.05) is 0 Å². The first-order chi connectivity index (χ1) is 51.8. The van der Waals surface area contributed by atoms with Crippen LogP contribution < -0.4 is 0 Å². The number of carbonyl (C=O) groups excluding carboxylic acids is 2. The number of carbonyl (C=O) groups is 2. The van der Waals surface area contributed by atoms with Gasteiger partial charge in [0.25, 0.3) is 0 Å². The minimum absolute atomic E-state index is 0.0778. The lowest BCUT2D eigenvalue weighted by molar-refractivity contribution is 0.103. The molecule has 4 aromatic heterocycles. The molecular formula is C96H86N4O2S4. The van der Waals surface area contributed by atoms with Gasteiger partial charge in [-0.3, -0.25) is 9.59 Å². The summed E-state index contributed by atoms with van der Waals surface area (Å²) >= 11 is 7.03. The molecule has 10 heteroatoms. The average molecular weight is 1460 g/mol. The predicted octanol–water partition coefficient (Wildman–Crippen LogP) is 26.2. The summed E-state index contributed by atoms with van der Waals surface area (Å²) in [6.45, 7) is 13.0. The molecule has 0 saturated carbocycles. The van der Waals surface area contributed by atoms with Crippen LogP contribution in [-0.2, 0) is 36.5 Å². The topological polar surface area (TPSA) is 129 Å². The fraction of sp³-hybridized carbons (Fsp3) is 0.292. The van der Waals surface area contributed by atoms with Crippen molar-refractivity contribution in [3.05, 3.63) is 290 Å². The zero-order valence-corrected chi connectivity index (χ0v) is 64.8. The highest BCUT2D eigenvalue weighted by Crippen LogP contribution is 2.68. The molecule has 7 aromatic carbocycles. The Morgan fingerprint density at radius 3 is 0.962 bits per heavy atom. The van der Waals surface area contributed by atoms with Gasteiger partial charge in [0, 0.05) is 73.5 Å². The standard InChI is InChI=1S/C96H86N4O2S4/c1-7-11-15-19-23-61-29-37-67(38-30-61)95(68-39-31-62(32-40-68)24-20-16-12-8-2)81-53-78-82(54-77(81)91-87(95)93-83(105-91)51-71(103-93)49-79-85(65(55-97)56-98)73-45-27-59(5)47-75(73)89(79)101)96(69-41-33-63(34-42-69)25-21-17-13-9-3,70-43-35-64(36-44-70)26-22-18-14-10-4)88-92(78)106-84-52-72(104-94(84)88)50-80-86(66(57-99)58-100)74-46-28-60(6)48-76(74)90(80)102/h27-54H,7-26H2,1-6H3/b79-49-,80-50-. The normalized spacial score (nSPS) is 14.8. The van der Waals surface area contributed by atoms with Crippen molar-refractivity contribution in [3.8, 4) is 45.2 Å². The van der Waals surface area contributed by atoms with Crippen molar-refractivity contribution in [1.82, 2.24) is 0 Å². The van der Waals surface area contributed by atoms with Gasteiger partial charge >= 0.3 is 0 Å². The van der Waals surface area contributed by atoms with Gasteiger partial charge in [-0.2, -0.15) is 21.0 Å². The molecule has 0 atom stereocenters. The molecule has 0 spiro atoms. The van der Waals surface area contributed by atoms with Crippen molar-refractivity contribution in [2.24, 2.45) is 0 Å². The van der Waals surface area contributed by atoms with Crippen molar-refractivity contribution in [2.45, 2.75) is 181 Å². The van der Waals surface area contributed by atoms with Gasteiger partial charge in [0.1, 0.15) is 35.4 Å². The Hall–Kier alpha value is -9.88. The summed E-state index contributed by atoms with van der Waals surface area (Å²) in [6.07, 6.45) is 26.7. The third-order valence-electron chi connectivity index (χ3n) is 22.7. The number of thiophene rings is 4. The zero-order valence-electron chi connectivity index (χ0n) is 61.5. The molecule has 4 heterocycles. The monoisotopic (exact) mass is 1450 g/mol. The lowest BCUT2D eigenvalue weighted by Crippen LogP contribution is -2.30. The summed E-state index contributed by atoms with van der Waals surface area (Å²) in [7, 11) is 0. The van der Waals surface area contributed by atoms with E-state index in [1.165, 1.54) is 165 Å². The second kappa shape index (κ2) is 30.5.